The third-order valence-corrected chi connectivity index (χ3v) is 4.79. The summed E-state index contributed by atoms with van der Waals surface area (Å²) in [5, 5.41) is 17.6. The molecular weight excluding hydrogens is 352 g/mol. The zero-order chi connectivity index (χ0) is 20.9. The highest BCUT2D eigenvalue weighted by molar-refractivity contribution is 5.92. The molecule has 0 amide bonds. The summed E-state index contributed by atoms with van der Waals surface area (Å²) >= 11 is 0. The zero-order valence-corrected chi connectivity index (χ0v) is 17.6. The van der Waals surface area contributed by atoms with E-state index in [-0.39, 0.29) is 6.42 Å². The van der Waals surface area contributed by atoms with Gasteiger partial charge >= 0.3 is 11.9 Å². The van der Waals surface area contributed by atoms with Crippen LogP contribution in [0.1, 0.15) is 110 Å². The van der Waals surface area contributed by atoms with Gasteiger partial charge in [0.15, 0.2) is 5.92 Å². The van der Waals surface area contributed by atoms with Crippen molar-refractivity contribution in [3.05, 3.63) is 0 Å². The first-order valence-electron chi connectivity index (χ1n) is 11.0. The minimum atomic E-state index is -1.26. The molecule has 4 heteroatoms. The highest BCUT2D eigenvalue weighted by Gasteiger charge is 2.24. The lowest BCUT2D eigenvalue weighted by Crippen LogP contribution is -2.23. The van der Waals surface area contributed by atoms with Crippen LogP contribution in [0.25, 0.3) is 0 Å². The Bertz CT molecular complexity index is 516. The minimum absolute atomic E-state index is 0.216. The van der Waals surface area contributed by atoms with E-state index >= 15 is 0 Å². The highest BCUT2D eigenvalue weighted by Crippen LogP contribution is 2.13. The average molecular weight is 391 g/mol. The summed E-state index contributed by atoms with van der Waals surface area (Å²) in [6.45, 7) is 2.24. The third kappa shape index (κ3) is 17.5. The second kappa shape index (κ2) is 19.8. The molecule has 0 aromatic heterocycles. The van der Waals surface area contributed by atoms with Gasteiger partial charge in [-0.05, 0) is 31.1 Å². The topological polar surface area (TPSA) is 74.6 Å². The molecule has 0 radical (unpaired) electrons. The van der Waals surface area contributed by atoms with Crippen LogP contribution < -0.4 is 0 Å². The first-order chi connectivity index (χ1) is 13.6. The number of aliphatic carboxylic acids is 2. The lowest BCUT2D eigenvalue weighted by Gasteiger charge is -2.06. The Kier molecular flexibility index (Phi) is 18.4. The molecule has 0 heterocycles. The highest BCUT2D eigenvalue weighted by atomic mass is 16.4. The molecule has 158 valence electrons. The van der Waals surface area contributed by atoms with Gasteiger partial charge < -0.3 is 10.2 Å². The van der Waals surface area contributed by atoms with Crippen LogP contribution >= 0.6 is 0 Å². The molecule has 0 atom stereocenters. The molecule has 0 spiro atoms. The molecule has 0 aliphatic carbocycles. The van der Waals surface area contributed by atoms with E-state index in [9.17, 15) is 9.59 Å². The Morgan fingerprint density at radius 1 is 0.643 bits per heavy atom. The monoisotopic (exact) mass is 390 g/mol. The van der Waals surface area contributed by atoms with Crippen LogP contribution in [-0.2, 0) is 9.59 Å². The van der Waals surface area contributed by atoms with Gasteiger partial charge in [0.2, 0.25) is 0 Å². The summed E-state index contributed by atoms with van der Waals surface area (Å²) < 4.78 is 0. The van der Waals surface area contributed by atoms with Gasteiger partial charge in [0.05, 0.1) is 0 Å². The van der Waals surface area contributed by atoms with Gasteiger partial charge in [-0.3, -0.25) is 9.59 Å². The van der Waals surface area contributed by atoms with Crippen LogP contribution in [0.2, 0.25) is 0 Å². The molecule has 0 saturated carbocycles. The molecule has 2 N–H and O–H groups in total. The molecule has 0 rings (SSSR count). The van der Waals surface area contributed by atoms with Crippen molar-refractivity contribution in [1.82, 2.24) is 0 Å². The fraction of sp³-hybridized carbons (Fsp3) is 0.750. The van der Waals surface area contributed by atoms with Gasteiger partial charge in [-0.25, -0.2) is 0 Å². The lowest BCUT2D eigenvalue weighted by molar-refractivity contribution is -0.154. The third-order valence-electron chi connectivity index (χ3n) is 4.79. The SMILES string of the molecule is CCCCCCCCCC#CC#CCCCCCCCCC(C(=O)O)C(=O)O. The van der Waals surface area contributed by atoms with E-state index in [1.54, 1.807) is 0 Å². The Morgan fingerprint density at radius 3 is 1.46 bits per heavy atom. The van der Waals surface area contributed by atoms with Crippen molar-refractivity contribution in [2.45, 2.75) is 110 Å². The van der Waals surface area contributed by atoms with Crippen molar-refractivity contribution in [2.24, 2.45) is 5.92 Å². The van der Waals surface area contributed by atoms with Crippen LogP contribution in [0.15, 0.2) is 0 Å². The quantitative estimate of drug-likeness (QED) is 0.180. The maximum atomic E-state index is 10.8. The molecular formula is C24H38O4. The summed E-state index contributed by atoms with van der Waals surface area (Å²) in [6, 6.07) is 0. The normalized spacial score (nSPS) is 10.1. The van der Waals surface area contributed by atoms with Crippen molar-refractivity contribution < 1.29 is 19.8 Å². The van der Waals surface area contributed by atoms with Crippen molar-refractivity contribution >= 4 is 11.9 Å². The standard InChI is InChI=1S/C24H38O4/c1-2-3-4-5-6-7-8-9-10-11-12-13-14-15-16-17-18-19-20-21-22(23(25)26)24(27)28/h22H,2-9,14-21H2,1H3,(H,25,26)(H,27,28). The van der Waals surface area contributed by atoms with Gasteiger partial charge in [0, 0.05) is 12.8 Å². The number of unbranched alkanes of at least 4 members (excludes halogenated alkanes) is 13. The Labute approximate surface area is 171 Å². The molecule has 0 bridgehead atoms. The van der Waals surface area contributed by atoms with Crippen molar-refractivity contribution in [3.63, 3.8) is 0 Å². The number of carboxylic acids is 2. The molecule has 0 aromatic rings. The van der Waals surface area contributed by atoms with Crippen LogP contribution in [0.5, 0.6) is 0 Å². The Morgan fingerprint density at radius 2 is 1.04 bits per heavy atom. The first-order valence-corrected chi connectivity index (χ1v) is 11.0. The second-order valence-corrected chi connectivity index (χ2v) is 7.36. The van der Waals surface area contributed by atoms with E-state index in [4.69, 9.17) is 10.2 Å². The van der Waals surface area contributed by atoms with Gasteiger partial charge in [0.1, 0.15) is 0 Å². The van der Waals surface area contributed by atoms with E-state index in [1.165, 1.54) is 44.9 Å². The van der Waals surface area contributed by atoms with Crippen LogP contribution in [0, 0.1) is 29.6 Å². The predicted molar refractivity (Wildman–Crippen MR) is 114 cm³/mol. The Hall–Kier alpha value is -1.94. The molecule has 28 heavy (non-hydrogen) atoms. The maximum Gasteiger partial charge on any atom is 0.317 e. The number of hydrogen-bond acceptors (Lipinski definition) is 2. The summed E-state index contributed by atoms with van der Waals surface area (Å²) in [4.78, 5) is 21.5. The average Bonchev–Trinajstić information content (AvgIpc) is 2.65. The second-order valence-electron chi connectivity index (χ2n) is 7.36. The van der Waals surface area contributed by atoms with Gasteiger partial charge in [-0.15, -0.1) is 0 Å². The first kappa shape index (κ1) is 26.1. The molecule has 0 unspecified atom stereocenters. The number of rotatable bonds is 17. The molecule has 0 saturated heterocycles. The van der Waals surface area contributed by atoms with E-state index < -0.39 is 17.9 Å². The van der Waals surface area contributed by atoms with E-state index in [0.29, 0.717) is 6.42 Å². The van der Waals surface area contributed by atoms with Gasteiger partial charge in [-0.1, -0.05) is 89.4 Å². The summed E-state index contributed by atoms with van der Waals surface area (Å²) in [5.41, 5.74) is 0. The van der Waals surface area contributed by atoms with Gasteiger partial charge in [-0.2, -0.15) is 0 Å². The van der Waals surface area contributed by atoms with E-state index in [2.05, 4.69) is 30.6 Å². The van der Waals surface area contributed by atoms with Gasteiger partial charge in [0.25, 0.3) is 0 Å². The number of carboxylic acid groups (broad SMARTS) is 2. The molecule has 0 aliphatic rings. The van der Waals surface area contributed by atoms with E-state index in [0.717, 1.165) is 44.9 Å². The van der Waals surface area contributed by atoms with Crippen molar-refractivity contribution in [3.8, 4) is 23.7 Å². The van der Waals surface area contributed by atoms with Crippen LogP contribution in [-0.4, -0.2) is 22.2 Å². The van der Waals surface area contributed by atoms with Crippen molar-refractivity contribution in [2.75, 3.05) is 0 Å². The molecule has 4 nitrogen and oxygen atoms in total. The van der Waals surface area contributed by atoms with Crippen molar-refractivity contribution in [1.29, 1.82) is 0 Å². The van der Waals surface area contributed by atoms with Crippen LogP contribution in [0.4, 0.5) is 0 Å². The number of carbonyl (C=O) groups is 2. The minimum Gasteiger partial charge on any atom is -0.481 e. The lowest BCUT2D eigenvalue weighted by atomic mass is 10.0. The Balaban J connectivity index is 3.44. The number of hydrogen-bond donors (Lipinski definition) is 2. The van der Waals surface area contributed by atoms with E-state index in [1.807, 2.05) is 0 Å². The zero-order valence-electron chi connectivity index (χ0n) is 17.6. The molecule has 0 aliphatic heterocycles. The summed E-state index contributed by atoms with van der Waals surface area (Å²) in [7, 11) is 0. The predicted octanol–water partition coefficient (Wildman–Crippen LogP) is 6.04. The molecule has 0 aromatic carbocycles. The smallest absolute Gasteiger partial charge is 0.317 e. The summed E-state index contributed by atoms with van der Waals surface area (Å²) in [5.74, 6) is 8.35. The molecule has 0 fully saturated rings. The maximum absolute atomic E-state index is 10.8. The fourth-order valence-corrected chi connectivity index (χ4v) is 3.01. The largest absolute Gasteiger partial charge is 0.481 e. The fourth-order valence-electron chi connectivity index (χ4n) is 3.01. The van der Waals surface area contributed by atoms with Crippen LogP contribution in [0.3, 0.4) is 0 Å². The summed E-state index contributed by atoms with van der Waals surface area (Å²) in [6.07, 6.45) is 17.0.